The van der Waals surface area contributed by atoms with Crippen molar-refractivity contribution in [2.75, 3.05) is 0 Å². The molecule has 0 unspecified atom stereocenters. The van der Waals surface area contributed by atoms with Gasteiger partial charge in [0.2, 0.25) is 0 Å². The zero-order valence-corrected chi connectivity index (χ0v) is 18.5. The van der Waals surface area contributed by atoms with Crippen LogP contribution in [0, 0.1) is 6.92 Å². The number of nitrogens with zero attached hydrogens (tertiary/aromatic N) is 6. The van der Waals surface area contributed by atoms with Crippen LogP contribution in [0.2, 0.25) is 0 Å². The molecular weight excluding hydrogens is 422 g/mol. The molecule has 1 amide bonds. The van der Waals surface area contributed by atoms with E-state index in [9.17, 15) is 4.79 Å². The second kappa shape index (κ2) is 8.35. The summed E-state index contributed by atoms with van der Waals surface area (Å²) in [6.07, 6.45) is 3.20. The molecule has 0 fully saturated rings. The number of benzene rings is 1. The second-order valence-electron chi connectivity index (χ2n) is 7.48. The van der Waals surface area contributed by atoms with Gasteiger partial charge in [-0.2, -0.15) is 10.2 Å². The number of pyridine rings is 1. The summed E-state index contributed by atoms with van der Waals surface area (Å²) < 4.78 is 3.49. The number of thiophene rings is 1. The minimum atomic E-state index is -0.151. The van der Waals surface area contributed by atoms with Gasteiger partial charge in [0, 0.05) is 13.6 Å². The Morgan fingerprint density at radius 2 is 2.00 bits per heavy atom. The summed E-state index contributed by atoms with van der Waals surface area (Å²) in [4.78, 5) is 23.1. The quantitative estimate of drug-likeness (QED) is 0.433. The standard InChI is InChI=1S/C23H21N7OS/c1-15-21-18(10-19(20-8-5-9-32-20)27-22(21)29(2)28-15)23(31)25-11-16-6-3-4-7-17(16)12-30-14-24-13-26-30/h3-10,13-14H,11-12H2,1-2H3,(H,25,31). The molecule has 8 nitrogen and oxygen atoms in total. The van der Waals surface area contributed by atoms with Gasteiger partial charge >= 0.3 is 0 Å². The maximum atomic E-state index is 13.3. The van der Waals surface area contributed by atoms with E-state index >= 15 is 0 Å². The van der Waals surface area contributed by atoms with Crippen molar-refractivity contribution in [3.8, 4) is 10.6 Å². The fraction of sp³-hybridized carbons (Fsp3) is 0.174. The highest BCUT2D eigenvalue weighted by Gasteiger charge is 2.19. The highest BCUT2D eigenvalue weighted by Crippen LogP contribution is 2.29. The van der Waals surface area contributed by atoms with Crippen LogP contribution in [0.5, 0.6) is 0 Å². The van der Waals surface area contributed by atoms with Crippen LogP contribution in [0.25, 0.3) is 21.6 Å². The van der Waals surface area contributed by atoms with Gasteiger partial charge < -0.3 is 5.32 Å². The molecule has 0 aliphatic carbocycles. The van der Waals surface area contributed by atoms with Gasteiger partial charge in [0.15, 0.2) is 5.65 Å². The molecule has 0 bridgehead atoms. The molecule has 0 saturated carbocycles. The zero-order valence-electron chi connectivity index (χ0n) is 17.7. The number of fused-ring (bicyclic) bond motifs is 1. The highest BCUT2D eigenvalue weighted by atomic mass is 32.1. The van der Waals surface area contributed by atoms with Gasteiger partial charge in [-0.25, -0.2) is 14.6 Å². The molecule has 9 heteroatoms. The molecule has 32 heavy (non-hydrogen) atoms. The van der Waals surface area contributed by atoms with Crippen LogP contribution in [0.3, 0.4) is 0 Å². The average Bonchev–Trinajstić information content (AvgIpc) is 3.56. The van der Waals surface area contributed by atoms with Crippen LogP contribution in [-0.4, -0.2) is 35.4 Å². The first-order valence-electron chi connectivity index (χ1n) is 10.2. The summed E-state index contributed by atoms with van der Waals surface area (Å²) in [5.41, 5.74) is 4.94. The summed E-state index contributed by atoms with van der Waals surface area (Å²) in [5, 5.41) is 14.5. The van der Waals surface area contributed by atoms with Gasteiger partial charge in [0.05, 0.1) is 33.8 Å². The normalized spacial score (nSPS) is 11.2. The lowest BCUT2D eigenvalue weighted by Gasteiger charge is -2.12. The summed E-state index contributed by atoms with van der Waals surface area (Å²) in [6, 6.07) is 13.8. The Kier molecular flexibility index (Phi) is 5.24. The first kappa shape index (κ1) is 20.1. The van der Waals surface area contributed by atoms with Crippen molar-refractivity contribution in [1.82, 2.24) is 34.8 Å². The zero-order chi connectivity index (χ0) is 22.1. The molecule has 4 heterocycles. The van der Waals surface area contributed by atoms with Gasteiger partial charge in [-0.3, -0.25) is 9.48 Å². The van der Waals surface area contributed by atoms with Crippen LogP contribution < -0.4 is 5.32 Å². The molecule has 5 aromatic rings. The molecule has 160 valence electrons. The number of nitrogens with one attached hydrogen (secondary N) is 1. The predicted octanol–water partition coefficient (Wildman–Crippen LogP) is 3.58. The summed E-state index contributed by atoms with van der Waals surface area (Å²) >= 11 is 1.59. The minimum absolute atomic E-state index is 0.151. The fourth-order valence-electron chi connectivity index (χ4n) is 3.82. The van der Waals surface area contributed by atoms with Gasteiger partial charge in [0.25, 0.3) is 5.91 Å². The number of hydrogen-bond donors (Lipinski definition) is 1. The van der Waals surface area contributed by atoms with E-state index in [1.807, 2.05) is 61.8 Å². The maximum Gasteiger partial charge on any atom is 0.252 e. The van der Waals surface area contributed by atoms with E-state index in [1.165, 1.54) is 6.33 Å². The Morgan fingerprint density at radius 1 is 1.16 bits per heavy atom. The van der Waals surface area contributed by atoms with E-state index in [2.05, 4.69) is 20.5 Å². The Hall–Kier alpha value is -3.85. The predicted molar refractivity (Wildman–Crippen MR) is 123 cm³/mol. The van der Waals surface area contributed by atoms with Crippen LogP contribution in [0.1, 0.15) is 27.2 Å². The van der Waals surface area contributed by atoms with Gasteiger partial charge in [-0.05, 0) is 35.6 Å². The smallest absolute Gasteiger partial charge is 0.252 e. The molecule has 5 rings (SSSR count). The SMILES string of the molecule is Cc1nn(C)c2nc(-c3cccs3)cc(C(=O)NCc3ccccc3Cn3cncn3)c12. The molecule has 0 spiro atoms. The fourth-order valence-corrected chi connectivity index (χ4v) is 4.50. The molecule has 0 aliphatic heterocycles. The number of hydrogen-bond acceptors (Lipinski definition) is 6. The lowest BCUT2D eigenvalue weighted by molar-refractivity contribution is 0.0952. The molecule has 4 aromatic heterocycles. The van der Waals surface area contributed by atoms with Crippen LogP contribution >= 0.6 is 11.3 Å². The van der Waals surface area contributed by atoms with Gasteiger partial charge in [-0.15, -0.1) is 11.3 Å². The molecule has 0 radical (unpaired) electrons. The maximum absolute atomic E-state index is 13.3. The summed E-state index contributed by atoms with van der Waals surface area (Å²) in [5.74, 6) is -0.151. The number of rotatable bonds is 6. The number of carbonyl (C=O) groups is 1. The van der Waals surface area contributed by atoms with E-state index in [0.717, 1.165) is 32.8 Å². The van der Waals surface area contributed by atoms with Crippen molar-refractivity contribution >= 4 is 28.3 Å². The molecule has 0 saturated heterocycles. The summed E-state index contributed by atoms with van der Waals surface area (Å²) in [7, 11) is 1.85. The number of carbonyl (C=O) groups excluding carboxylic acids is 1. The van der Waals surface area contributed by atoms with Crippen molar-refractivity contribution in [2.45, 2.75) is 20.0 Å². The third-order valence-corrected chi connectivity index (χ3v) is 6.24. The Balaban J connectivity index is 1.46. The van der Waals surface area contributed by atoms with E-state index in [0.29, 0.717) is 24.3 Å². The Labute approximate surface area is 188 Å². The monoisotopic (exact) mass is 443 g/mol. The van der Waals surface area contributed by atoms with E-state index in [4.69, 9.17) is 4.98 Å². The van der Waals surface area contributed by atoms with Crippen LogP contribution in [0.15, 0.2) is 60.5 Å². The van der Waals surface area contributed by atoms with E-state index in [1.54, 1.807) is 27.0 Å². The largest absolute Gasteiger partial charge is 0.348 e. The van der Waals surface area contributed by atoms with Crippen molar-refractivity contribution in [3.63, 3.8) is 0 Å². The van der Waals surface area contributed by atoms with E-state index < -0.39 is 0 Å². The first-order chi connectivity index (χ1) is 15.6. The molecule has 0 atom stereocenters. The third-order valence-electron chi connectivity index (χ3n) is 5.34. The molecule has 1 N–H and O–H groups in total. The van der Waals surface area contributed by atoms with Gasteiger partial charge in [0.1, 0.15) is 12.7 Å². The third kappa shape index (κ3) is 3.78. The van der Waals surface area contributed by atoms with Crippen molar-refractivity contribution < 1.29 is 4.79 Å². The number of aromatic nitrogens is 6. The number of aryl methyl sites for hydroxylation is 2. The average molecular weight is 444 g/mol. The highest BCUT2D eigenvalue weighted by molar-refractivity contribution is 7.13. The topological polar surface area (TPSA) is 90.5 Å². The lowest BCUT2D eigenvalue weighted by Crippen LogP contribution is -2.24. The Morgan fingerprint density at radius 3 is 2.75 bits per heavy atom. The van der Waals surface area contributed by atoms with Crippen molar-refractivity contribution in [3.05, 3.63) is 82.9 Å². The Bertz CT molecular complexity index is 1390. The van der Waals surface area contributed by atoms with E-state index in [-0.39, 0.29) is 5.91 Å². The molecular formula is C23H21N7OS. The minimum Gasteiger partial charge on any atom is -0.348 e. The van der Waals surface area contributed by atoms with Crippen LogP contribution in [0.4, 0.5) is 0 Å². The second-order valence-corrected chi connectivity index (χ2v) is 8.43. The number of amides is 1. The van der Waals surface area contributed by atoms with Crippen LogP contribution in [-0.2, 0) is 20.1 Å². The first-order valence-corrected chi connectivity index (χ1v) is 11.0. The van der Waals surface area contributed by atoms with Crippen molar-refractivity contribution in [1.29, 1.82) is 0 Å². The van der Waals surface area contributed by atoms with Gasteiger partial charge in [-0.1, -0.05) is 30.3 Å². The summed E-state index contributed by atoms with van der Waals surface area (Å²) in [6.45, 7) is 2.90. The van der Waals surface area contributed by atoms with Crippen molar-refractivity contribution in [2.24, 2.45) is 7.05 Å². The molecule has 1 aromatic carbocycles. The molecule has 0 aliphatic rings. The lowest BCUT2D eigenvalue weighted by atomic mass is 10.1.